The van der Waals surface area contributed by atoms with Crippen LogP contribution in [0.2, 0.25) is 0 Å². The number of aromatic nitrogens is 2. The van der Waals surface area contributed by atoms with Crippen molar-refractivity contribution in [2.75, 3.05) is 14.1 Å². The van der Waals surface area contributed by atoms with Gasteiger partial charge in [-0.15, -0.1) is 0 Å². The summed E-state index contributed by atoms with van der Waals surface area (Å²) >= 11 is 0. The Hall–Kier alpha value is -0.910. The van der Waals surface area contributed by atoms with E-state index in [0.29, 0.717) is 6.04 Å². The number of nitrogens with zero attached hydrogens (tertiary/aromatic N) is 3. The molecule has 5 heteroatoms. The van der Waals surface area contributed by atoms with Gasteiger partial charge in [0.15, 0.2) is 0 Å². The number of nitrogens with one attached hydrogen (secondary N) is 1. The fourth-order valence-corrected chi connectivity index (χ4v) is 3.51. The van der Waals surface area contributed by atoms with E-state index in [9.17, 15) is 0 Å². The van der Waals surface area contributed by atoms with Crippen LogP contribution < -0.4 is 11.3 Å². The Labute approximate surface area is 116 Å². The molecule has 0 amide bonds. The van der Waals surface area contributed by atoms with Crippen molar-refractivity contribution in [1.82, 2.24) is 19.9 Å². The first-order valence-corrected chi connectivity index (χ1v) is 7.20. The highest BCUT2D eigenvalue weighted by Crippen LogP contribution is 2.37. The number of nitrogens with two attached hydrogens (primary N) is 1. The second kappa shape index (κ2) is 6.03. The van der Waals surface area contributed by atoms with Crippen LogP contribution in [0, 0.1) is 0 Å². The number of imidazole rings is 1. The molecule has 3 N–H and O–H groups in total. The third-order valence-corrected chi connectivity index (χ3v) is 4.79. The molecule has 2 rings (SSSR count). The average Bonchev–Trinajstić information content (AvgIpc) is 3.01. The summed E-state index contributed by atoms with van der Waals surface area (Å²) in [6.07, 6.45) is 10.9. The Morgan fingerprint density at radius 3 is 2.63 bits per heavy atom. The summed E-state index contributed by atoms with van der Waals surface area (Å²) < 4.78 is 2.09. The minimum absolute atomic E-state index is 0.208. The van der Waals surface area contributed by atoms with Crippen molar-refractivity contribution in [1.29, 1.82) is 0 Å². The van der Waals surface area contributed by atoms with Crippen molar-refractivity contribution in [2.45, 2.75) is 50.1 Å². The number of hydrogen-bond donors (Lipinski definition) is 2. The van der Waals surface area contributed by atoms with Crippen molar-refractivity contribution < 1.29 is 0 Å². The van der Waals surface area contributed by atoms with Crippen LogP contribution in [0.25, 0.3) is 0 Å². The topological polar surface area (TPSA) is 59.1 Å². The van der Waals surface area contributed by atoms with Crippen LogP contribution in [0.4, 0.5) is 0 Å². The van der Waals surface area contributed by atoms with Gasteiger partial charge in [0.05, 0.1) is 0 Å². The van der Waals surface area contributed by atoms with Gasteiger partial charge in [0.25, 0.3) is 0 Å². The van der Waals surface area contributed by atoms with Crippen LogP contribution in [0.3, 0.4) is 0 Å². The molecule has 1 aromatic heterocycles. The standard InChI is InChI=1S/C14H27N5/c1-18(2)14(8-4-5-9-14)12(17-15)6-7-13-16-10-11-19(13)3/h10-12,17H,4-9,15H2,1-3H3. The zero-order valence-corrected chi connectivity index (χ0v) is 12.4. The first kappa shape index (κ1) is 14.5. The number of hydrogen-bond acceptors (Lipinski definition) is 4. The minimum Gasteiger partial charge on any atom is -0.338 e. The molecule has 1 unspecified atom stereocenters. The summed E-state index contributed by atoms with van der Waals surface area (Å²) in [5.74, 6) is 6.98. The highest BCUT2D eigenvalue weighted by Gasteiger charge is 2.42. The highest BCUT2D eigenvalue weighted by molar-refractivity contribution is 5.03. The van der Waals surface area contributed by atoms with Gasteiger partial charge in [0, 0.05) is 37.4 Å². The molecule has 0 bridgehead atoms. The van der Waals surface area contributed by atoms with Gasteiger partial charge in [-0.2, -0.15) is 0 Å². The van der Waals surface area contributed by atoms with Crippen molar-refractivity contribution >= 4 is 0 Å². The molecule has 1 aliphatic carbocycles. The summed E-state index contributed by atoms with van der Waals surface area (Å²) in [7, 11) is 6.40. The smallest absolute Gasteiger partial charge is 0.108 e. The zero-order valence-electron chi connectivity index (χ0n) is 12.4. The van der Waals surface area contributed by atoms with E-state index >= 15 is 0 Å². The van der Waals surface area contributed by atoms with E-state index in [1.165, 1.54) is 25.7 Å². The lowest BCUT2D eigenvalue weighted by molar-refractivity contribution is 0.0997. The summed E-state index contributed by atoms with van der Waals surface area (Å²) in [5, 5.41) is 0. The maximum atomic E-state index is 5.85. The molecule has 0 saturated heterocycles. The largest absolute Gasteiger partial charge is 0.338 e. The molecule has 1 aliphatic rings. The normalized spacial score (nSPS) is 20.1. The van der Waals surface area contributed by atoms with Gasteiger partial charge in [-0.3, -0.25) is 11.3 Å². The van der Waals surface area contributed by atoms with Crippen LogP contribution in [0.5, 0.6) is 0 Å². The SMILES string of the molecule is CN(C)C1(C(CCc2nccn2C)NN)CCCC1. The lowest BCUT2D eigenvalue weighted by atomic mass is 9.84. The van der Waals surface area contributed by atoms with Gasteiger partial charge in [-0.05, 0) is 33.4 Å². The van der Waals surface area contributed by atoms with Gasteiger partial charge in [-0.1, -0.05) is 12.8 Å². The molecule has 0 radical (unpaired) electrons. The van der Waals surface area contributed by atoms with Crippen LogP contribution in [0.1, 0.15) is 37.9 Å². The molecule has 1 atom stereocenters. The highest BCUT2D eigenvalue weighted by atomic mass is 15.3. The van der Waals surface area contributed by atoms with Crippen molar-refractivity contribution in [3.05, 3.63) is 18.2 Å². The Bertz CT molecular complexity index is 392. The van der Waals surface area contributed by atoms with Crippen LogP contribution in [0.15, 0.2) is 12.4 Å². The van der Waals surface area contributed by atoms with Gasteiger partial charge in [0.1, 0.15) is 5.82 Å². The van der Waals surface area contributed by atoms with E-state index in [1.54, 1.807) is 0 Å². The molecule has 0 spiro atoms. The molecule has 1 heterocycles. The van der Waals surface area contributed by atoms with Gasteiger partial charge in [-0.25, -0.2) is 4.98 Å². The average molecular weight is 265 g/mol. The Balaban J connectivity index is 2.04. The number of likely N-dealkylation sites (N-methyl/N-ethyl adjacent to an activating group) is 1. The fraction of sp³-hybridized carbons (Fsp3) is 0.786. The molecule has 108 valence electrons. The molecular formula is C14H27N5. The second-order valence-electron chi connectivity index (χ2n) is 5.92. The summed E-state index contributed by atoms with van der Waals surface area (Å²) in [6, 6.07) is 0.321. The predicted octanol–water partition coefficient (Wildman–Crippen LogP) is 1.06. The van der Waals surface area contributed by atoms with Crippen LogP contribution >= 0.6 is 0 Å². The second-order valence-corrected chi connectivity index (χ2v) is 5.92. The number of aryl methyl sites for hydroxylation is 2. The first-order valence-electron chi connectivity index (χ1n) is 7.20. The lowest BCUT2D eigenvalue weighted by Crippen LogP contribution is -2.59. The van der Waals surface area contributed by atoms with Crippen LogP contribution in [-0.2, 0) is 13.5 Å². The van der Waals surface area contributed by atoms with Crippen molar-refractivity contribution in [2.24, 2.45) is 12.9 Å². The maximum absolute atomic E-state index is 5.85. The quantitative estimate of drug-likeness (QED) is 0.596. The van der Waals surface area contributed by atoms with E-state index in [1.807, 2.05) is 19.4 Å². The Morgan fingerprint density at radius 1 is 1.47 bits per heavy atom. The molecular weight excluding hydrogens is 238 g/mol. The Kier molecular flexibility index (Phi) is 4.60. The zero-order chi connectivity index (χ0) is 13.9. The van der Waals surface area contributed by atoms with E-state index in [4.69, 9.17) is 5.84 Å². The third kappa shape index (κ3) is 2.83. The van der Waals surface area contributed by atoms with Gasteiger partial charge >= 0.3 is 0 Å². The van der Waals surface area contributed by atoms with E-state index in [0.717, 1.165) is 18.7 Å². The lowest BCUT2D eigenvalue weighted by Gasteiger charge is -2.43. The maximum Gasteiger partial charge on any atom is 0.108 e. The molecule has 0 aliphatic heterocycles. The van der Waals surface area contributed by atoms with Gasteiger partial charge < -0.3 is 9.47 Å². The summed E-state index contributed by atoms with van der Waals surface area (Å²) in [5.41, 5.74) is 3.28. The monoisotopic (exact) mass is 265 g/mol. The summed E-state index contributed by atoms with van der Waals surface area (Å²) in [6.45, 7) is 0. The molecule has 19 heavy (non-hydrogen) atoms. The minimum atomic E-state index is 0.208. The van der Waals surface area contributed by atoms with E-state index in [-0.39, 0.29) is 5.54 Å². The third-order valence-electron chi connectivity index (χ3n) is 4.79. The number of rotatable bonds is 6. The number of hydrazine groups is 1. The van der Waals surface area contributed by atoms with Crippen molar-refractivity contribution in [3.8, 4) is 0 Å². The summed E-state index contributed by atoms with van der Waals surface area (Å²) in [4.78, 5) is 6.76. The Morgan fingerprint density at radius 2 is 2.16 bits per heavy atom. The molecule has 5 nitrogen and oxygen atoms in total. The van der Waals surface area contributed by atoms with E-state index in [2.05, 4.69) is 34.0 Å². The van der Waals surface area contributed by atoms with Gasteiger partial charge in [0.2, 0.25) is 0 Å². The van der Waals surface area contributed by atoms with Crippen LogP contribution in [-0.4, -0.2) is 40.1 Å². The van der Waals surface area contributed by atoms with E-state index < -0.39 is 0 Å². The molecule has 0 aromatic carbocycles. The predicted molar refractivity (Wildman–Crippen MR) is 77.5 cm³/mol. The van der Waals surface area contributed by atoms with Crippen molar-refractivity contribution in [3.63, 3.8) is 0 Å². The fourth-order valence-electron chi connectivity index (χ4n) is 3.51. The molecule has 1 fully saturated rings. The molecule has 1 aromatic rings. The first-order chi connectivity index (χ1) is 9.10. The molecule has 1 saturated carbocycles.